The molecule has 0 saturated heterocycles. The van der Waals surface area contributed by atoms with Gasteiger partial charge >= 0.3 is 0 Å². The van der Waals surface area contributed by atoms with Crippen molar-refractivity contribution in [1.29, 1.82) is 0 Å². The topological polar surface area (TPSA) is 103 Å². The molecule has 1 saturated carbocycles. The van der Waals surface area contributed by atoms with Crippen molar-refractivity contribution in [3.05, 3.63) is 129 Å². The van der Waals surface area contributed by atoms with Crippen LogP contribution in [0.5, 0.6) is 0 Å². The summed E-state index contributed by atoms with van der Waals surface area (Å²) in [5.41, 5.74) is 3.06. The molecule has 3 aliphatic carbocycles. The maximum Gasteiger partial charge on any atom is 0.228 e. The van der Waals surface area contributed by atoms with Crippen LogP contribution < -0.4 is 0 Å². The molecule has 0 amide bonds. The number of fused-ring (bicyclic) bond motifs is 8. The van der Waals surface area contributed by atoms with E-state index in [0.717, 1.165) is 48.8 Å². The number of hydrogen-bond acceptors (Lipinski definition) is 8. The molecule has 272 valence electrons. The van der Waals surface area contributed by atoms with Crippen molar-refractivity contribution < 1.29 is 29.3 Å². The van der Waals surface area contributed by atoms with Gasteiger partial charge in [0.15, 0.2) is 5.76 Å². The molecule has 51 heavy (non-hydrogen) atoms. The van der Waals surface area contributed by atoms with E-state index in [1.54, 1.807) is 23.5 Å². The highest BCUT2D eigenvalue weighted by molar-refractivity contribution is 7.09. The summed E-state index contributed by atoms with van der Waals surface area (Å²) in [4.78, 5) is 17.5. The number of aliphatic hydroxyl groups excluding tert-OH is 2. The number of furan rings is 1. The highest BCUT2D eigenvalue weighted by atomic mass is 32.1. The van der Waals surface area contributed by atoms with E-state index in [-0.39, 0.29) is 24.1 Å². The first-order valence-electron chi connectivity index (χ1n) is 18.4. The summed E-state index contributed by atoms with van der Waals surface area (Å²) in [6, 6.07) is 23.6. The van der Waals surface area contributed by atoms with Gasteiger partial charge in [-0.25, -0.2) is 0 Å². The predicted molar refractivity (Wildman–Crippen MR) is 202 cm³/mol. The Morgan fingerprint density at radius 3 is 2.69 bits per heavy atom. The van der Waals surface area contributed by atoms with Crippen molar-refractivity contribution in [2.75, 3.05) is 26.2 Å². The van der Waals surface area contributed by atoms with Crippen LogP contribution >= 0.6 is 11.3 Å². The Labute approximate surface area is 306 Å². The Hall–Kier alpha value is -3.37. The number of thiophene rings is 1. The minimum absolute atomic E-state index is 0.0923. The second kappa shape index (κ2) is 17.0. The number of carbonyl (C=O) groups is 1. The normalized spacial score (nSPS) is 24.6. The lowest BCUT2D eigenvalue weighted by atomic mass is 9.64. The van der Waals surface area contributed by atoms with E-state index < -0.39 is 23.2 Å². The van der Waals surface area contributed by atoms with Crippen LogP contribution in [0.4, 0.5) is 0 Å². The van der Waals surface area contributed by atoms with Gasteiger partial charge in [-0.1, -0.05) is 67.1 Å². The van der Waals surface area contributed by atoms with E-state index >= 15 is 0 Å². The molecule has 8 heteroatoms. The van der Waals surface area contributed by atoms with Crippen LogP contribution in [0.15, 0.2) is 101 Å². The third-order valence-corrected chi connectivity index (χ3v) is 12.2. The van der Waals surface area contributed by atoms with Crippen LogP contribution in [0.25, 0.3) is 0 Å². The lowest BCUT2D eigenvalue weighted by Gasteiger charge is -2.46. The summed E-state index contributed by atoms with van der Waals surface area (Å²) in [5, 5.41) is 37.2. The van der Waals surface area contributed by atoms with Gasteiger partial charge in [-0.3, -0.25) is 9.69 Å². The first-order chi connectivity index (χ1) is 24.6. The van der Waals surface area contributed by atoms with Crippen LogP contribution in [0.1, 0.15) is 96.0 Å². The fourth-order valence-electron chi connectivity index (χ4n) is 8.30. The quantitative estimate of drug-likeness (QED) is 0.0964. The minimum Gasteiger partial charge on any atom is -0.461 e. The van der Waals surface area contributed by atoms with E-state index in [9.17, 15) is 20.1 Å². The molecule has 2 heterocycles. The summed E-state index contributed by atoms with van der Waals surface area (Å²) in [6.45, 7) is 6.43. The van der Waals surface area contributed by atoms with Gasteiger partial charge in [-0.2, -0.15) is 0 Å². The molecule has 0 radical (unpaired) electrons. The number of allylic oxidation sites excluding steroid dienone is 2. The molecule has 1 fully saturated rings. The van der Waals surface area contributed by atoms with Crippen molar-refractivity contribution >= 4 is 17.1 Å². The zero-order chi connectivity index (χ0) is 35.8. The molecule has 2 aromatic carbocycles. The fourth-order valence-corrected chi connectivity index (χ4v) is 9.00. The summed E-state index contributed by atoms with van der Waals surface area (Å²) < 4.78 is 11.5. The van der Waals surface area contributed by atoms with Crippen molar-refractivity contribution in [2.24, 2.45) is 5.41 Å². The highest BCUT2D eigenvalue weighted by Crippen LogP contribution is 2.59. The number of ketones is 1. The average Bonchev–Trinajstić information content (AvgIpc) is 3.89. The highest BCUT2D eigenvalue weighted by Gasteiger charge is 2.57. The number of aliphatic hydroxyl groups is 3. The summed E-state index contributed by atoms with van der Waals surface area (Å²) >= 11 is 1.72. The smallest absolute Gasteiger partial charge is 0.228 e. The van der Waals surface area contributed by atoms with Crippen molar-refractivity contribution in [2.45, 2.75) is 95.5 Å². The Morgan fingerprint density at radius 1 is 1.08 bits per heavy atom. The summed E-state index contributed by atoms with van der Waals surface area (Å²) in [5.74, 6) is 0.0141. The number of nitrogens with zero attached hydrogens (tertiary/aromatic N) is 1. The zero-order valence-electron chi connectivity index (χ0n) is 30.0. The van der Waals surface area contributed by atoms with Gasteiger partial charge < -0.3 is 24.5 Å². The van der Waals surface area contributed by atoms with Gasteiger partial charge in [0.25, 0.3) is 0 Å². The van der Waals surface area contributed by atoms with Gasteiger partial charge in [0.1, 0.15) is 0 Å². The number of hydrogen-bond donors (Lipinski definition) is 3. The predicted octanol–water partition coefficient (Wildman–Crippen LogP) is 7.73. The van der Waals surface area contributed by atoms with E-state index in [4.69, 9.17) is 9.15 Å². The Kier molecular flexibility index (Phi) is 12.4. The first kappa shape index (κ1) is 37.4. The van der Waals surface area contributed by atoms with E-state index in [0.29, 0.717) is 51.1 Å². The molecular formula is C43H53NO6S. The molecule has 2 aromatic heterocycles. The Bertz CT molecular complexity index is 1720. The standard InChI is InChI=1S/C43H53NO6S/c1-31-9-6-20-42(2)39(37-17-15-33(25-34(45)16-14-31)26-38(37)41(47)40-13-7-23-50-40)18-21-43(42,48)30-44(22-19-36-12-8-24-51-36)27-35(46)29-49-28-32-10-4-3-5-11-32/h3-5,7-13,15,17,23-24,26,34-35,39,45-46,48H,6,14,16,18-22,25,27-30H2,1-2H3. The van der Waals surface area contributed by atoms with Crippen molar-refractivity contribution in [3.63, 3.8) is 0 Å². The molecule has 5 unspecified atom stereocenters. The van der Waals surface area contributed by atoms with Gasteiger partial charge in [0.2, 0.25) is 5.78 Å². The Morgan fingerprint density at radius 2 is 1.92 bits per heavy atom. The van der Waals surface area contributed by atoms with E-state index in [2.05, 4.69) is 48.4 Å². The van der Waals surface area contributed by atoms with Crippen LogP contribution in [0.3, 0.4) is 0 Å². The number of benzene rings is 2. The fraction of sp³-hybridized carbons (Fsp3) is 0.465. The molecule has 3 N–H and O–H groups in total. The summed E-state index contributed by atoms with van der Waals surface area (Å²) in [6.07, 6.45) is 8.08. The largest absolute Gasteiger partial charge is 0.461 e. The van der Waals surface area contributed by atoms with Crippen molar-refractivity contribution in [3.8, 4) is 0 Å². The van der Waals surface area contributed by atoms with Gasteiger partial charge in [0, 0.05) is 35.5 Å². The first-order valence-corrected chi connectivity index (χ1v) is 19.3. The van der Waals surface area contributed by atoms with Crippen molar-refractivity contribution in [1.82, 2.24) is 4.90 Å². The van der Waals surface area contributed by atoms with E-state index in [1.807, 2.05) is 42.5 Å². The number of carbonyl (C=O) groups excluding carboxylic acids is 1. The van der Waals surface area contributed by atoms with Gasteiger partial charge in [0.05, 0.1) is 37.3 Å². The second-order valence-electron chi connectivity index (χ2n) is 15.0. The monoisotopic (exact) mass is 711 g/mol. The van der Waals surface area contributed by atoms with Gasteiger partial charge in [-0.15, -0.1) is 11.3 Å². The third-order valence-electron chi connectivity index (χ3n) is 11.3. The zero-order valence-corrected chi connectivity index (χ0v) is 30.8. The number of ether oxygens (including phenoxy) is 1. The molecule has 3 aliphatic rings. The molecule has 7 nitrogen and oxygen atoms in total. The second-order valence-corrected chi connectivity index (χ2v) is 16.0. The van der Waals surface area contributed by atoms with E-state index in [1.165, 1.54) is 16.7 Å². The number of rotatable bonds is 13. The molecule has 5 atom stereocenters. The third kappa shape index (κ3) is 9.17. The molecule has 4 aromatic rings. The Balaban J connectivity index is 1.30. The summed E-state index contributed by atoms with van der Waals surface area (Å²) in [7, 11) is 0. The maximum atomic E-state index is 14.0. The maximum absolute atomic E-state index is 14.0. The molecule has 2 bridgehead atoms. The lowest BCUT2D eigenvalue weighted by molar-refractivity contribution is -0.0905. The molecule has 0 spiro atoms. The molecule has 7 rings (SSSR count). The van der Waals surface area contributed by atoms with Crippen LogP contribution in [0.2, 0.25) is 0 Å². The SMILES string of the molecule is CC1=CCCC2(C)C(CCC2(O)CN(CCc2cccs2)CC(O)COCc2ccccc2)c2ccc(cc2C(=O)c2ccco2)CC(O)CC1. The van der Waals surface area contributed by atoms with Crippen LogP contribution in [0, 0.1) is 5.41 Å². The van der Waals surface area contributed by atoms with Gasteiger partial charge in [-0.05, 0) is 111 Å². The molecule has 0 aliphatic heterocycles. The van der Waals surface area contributed by atoms with Crippen LogP contribution in [-0.2, 0) is 24.2 Å². The lowest BCUT2D eigenvalue weighted by Crippen LogP contribution is -2.54. The molecular weight excluding hydrogens is 659 g/mol. The minimum atomic E-state index is -1.09. The van der Waals surface area contributed by atoms with Crippen LogP contribution in [-0.4, -0.2) is 70.1 Å². The average molecular weight is 712 g/mol.